The number of aromatic nitrogens is 2. The molecule has 3 aromatic rings. The number of amides is 2. The van der Waals surface area contributed by atoms with Gasteiger partial charge in [-0.3, -0.25) is 14.7 Å². The third-order valence-corrected chi connectivity index (χ3v) is 4.46. The van der Waals surface area contributed by atoms with Crippen LogP contribution >= 0.6 is 0 Å². The number of hydrogen-bond acceptors (Lipinski definition) is 3. The number of benzene rings is 2. The number of allylic oxidation sites excluding steroid dienone is 1. The molecule has 9 heteroatoms. The van der Waals surface area contributed by atoms with Crippen LogP contribution in [0.5, 0.6) is 0 Å². The molecule has 1 heterocycles. The molecule has 3 rings (SSSR count). The molecule has 6 nitrogen and oxygen atoms in total. The van der Waals surface area contributed by atoms with Crippen molar-refractivity contribution in [1.82, 2.24) is 15.5 Å². The molecule has 0 fully saturated rings. The van der Waals surface area contributed by atoms with Crippen molar-refractivity contribution in [3.63, 3.8) is 0 Å². The Hall–Kier alpha value is -3.88. The summed E-state index contributed by atoms with van der Waals surface area (Å²) in [6.45, 7) is 1.60. The maximum Gasteiger partial charge on any atom is 0.416 e. The highest BCUT2D eigenvalue weighted by Crippen LogP contribution is 2.30. The SMILES string of the molecule is C/C(=C/C(=O)NC(C(=O)Nc1ccn[nH]1)c1ccccc1)c1ccc(C(F)(F)F)cc1. The Balaban J connectivity index is 1.77. The first-order valence-electron chi connectivity index (χ1n) is 9.25. The molecule has 0 aliphatic heterocycles. The van der Waals surface area contributed by atoms with Gasteiger partial charge in [-0.15, -0.1) is 0 Å². The number of nitrogens with one attached hydrogen (secondary N) is 3. The van der Waals surface area contributed by atoms with Gasteiger partial charge in [-0.1, -0.05) is 42.5 Å². The van der Waals surface area contributed by atoms with E-state index < -0.39 is 29.6 Å². The molecule has 1 unspecified atom stereocenters. The number of halogens is 3. The number of anilines is 1. The first kappa shape index (κ1) is 21.8. The van der Waals surface area contributed by atoms with Crippen molar-refractivity contribution in [3.05, 3.63) is 89.6 Å². The predicted octanol–water partition coefficient (Wildman–Crippen LogP) is 4.33. The van der Waals surface area contributed by atoms with Crippen molar-refractivity contribution in [2.24, 2.45) is 0 Å². The summed E-state index contributed by atoms with van der Waals surface area (Å²) in [6.07, 6.45) is -1.72. The smallest absolute Gasteiger partial charge is 0.337 e. The lowest BCUT2D eigenvalue weighted by Crippen LogP contribution is -2.36. The minimum Gasteiger partial charge on any atom is -0.337 e. The molecule has 2 amide bonds. The standard InChI is InChI=1S/C22H19F3N4O2/c1-14(15-7-9-17(10-8-15)22(23,24)25)13-19(30)28-20(16-5-3-2-4-6-16)21(31)27-18-11-12-26-29-18/h2-13,20H,1H3,(H,28,30)(H2,26,27,29,31)/b14-13-. The van der Waals surface area contributed by atoms with Gasteiger partial charge < -0.3 is 10.6 Å². The summed E-state index contributed by atoms with van der Waals surface area (Å²) in [5.41, 5.74) is 0.704. The maximum absolute atomic E-state index is 12.7. The second-order valence-corrected chi connectivity index (χ2v) is 6.71. The highest BCUT2D eigenvalue weighted by atomic mass is 19.4. The Kier molecular flexibility index (Phi) is 6.54. The Morgan fingerprint density at radius 1 is 1.03 bits per heavy atom. The summed E-state index contributed by atoms with van der Waals surface area (Å²) in [7, 11) is 0. The van der Waals surface area contributed by atoms with Gasteiger partial charge in [0.2, 0.25) is 5.91 Å². The molecule has 0 spiro atoms. The Morgan fingerprint density at radius 3 is 2.29 bits per heavy atom. The fourth-order valence-electron chi connectivity index (χ4n) is 2.86. The van der Waals surface area contributed by atoms with Crippen molar-refractivity contribution in [1.29, 1.82) is 0 Å². The average Bonchev–Trinajstić information content (AvgIpc) is 3.25. The molecule has 0 aliphatic rings. The van der Waals surface area contributed by atoms with Crippen LogP contribution < -0.4 is 10.6 Å². The number of nitrogens with zero attached hydrogens (tertiary/aromatic N) is 1. The zero-order chi connectivity index (χ0) is 22.4. The Labute approximate surface area is 176 Å². The van der Waals surface area contributed by atoms with Gasteiger partial charge in [0.1, 0.15) is 11.9 Å². The second-order valence-electron chi connectivity index (χ2n) is 6.71. The summed E-state index contributed by atoms with van der Waals surface area (Å²) in [5, 5.41) is 11.6. The second kappa shape index (κ2) is 9.29. The van der Waals surface area contributed by atoms with Gasteiger partial charge in [-0.2, -0.15) is 18.3 Å². The fourth-order valence-corrected chi connectivity index (χ4v) is 2.86. The molecular formula is C22H19F3N4O2. The third kappa shape index (κ3) is 5.81. The van der Waals surface area contributed by atoms with Crippen LogP contribution in [-0.4, -0.2) is 22.0 Å². The van der Waals surface area contributed by atoms with E-state index in [-0.39, 0.29) is 0 Å². The van der Waals surface area contributed by atoms with Crippen LogP contribution in [0.25, 0.3) is 5.57 Å². The van der Waals surface area contributed by atoms with Crippen LogP contribution in [-0.2, 0) is 15.8 Å². The van der Waals surface area contributed by atoms with E-state index in [1.54, 1.807) is 43.3 Å². The molecule has 0 saturated carbocycles. The van der Waals surface area contributed by atoms with Crippen LogP contribution in [0.4, 0.5) is 19.0 Å². The number of carbonyl (C=O) groups excluding carboxylic acids is 2. The van der Waals surface area contributed by atoms with Crippen LogP contribution in [0.2, 0.25) is 0 Å². The number of alkyl halides is 3. The summed E-state index contributed by atoms with van der Waals surface area (Å²) < 4.78 is 38.2. The van der Waals surface area contributed by atoms with Crippen molar-refractivity contribution < 1.29 is 22.8 Å². The van der Waals surface area contributed by atoms with Gasteiger partial charge in [0, 0.05) is 12.1 Å². The van der Waals surface area contributed by atoms with Gasteiger partial charge in [0.05, 0.1) is 11.8 Å². The normalized spacial score (nSPS) is 12.8. The number of rotatable bonds is 6. The number of H-pyrrole nitrogens is 1. The molecule has 0 bridgehead atoms. The number of carbonyl (C=O) groups is 2. The van der Waals surface area contributed by atoms with Gasteiger partial charge >= 0.3 is 6.18 Å². The third-order valence-electron chi connectivity index (χ3n) is 4.46. The van der Waals surface area contributed by atoms with Gasteiger partial charge in [-0.25, -0.2) is 0 Å². The molecule has 31 heavy (non-hydrogen) atoms. The van der Waals surface area contributed by atoms with Crippen LogP contribution in [0, 0.1) is 0 Å². The lowest BCUT2D eigenvalue weighted by Gasteiger charge is -2.18. The molecule has 0 saturated heterocycles. The maximum atomic E-state index is 12.7. The average molecular weight is 428 g/mol. The molecule has 160 valence electrons. The van der Waals surface area contributed by atoms with Crippen molar-refractivity contribution in [3.8, 4) is 0 Å². The Bertz CT molecular complexity index is 1060. The van der Waals surface area contributed by atoms with Crippen LogP contribution in [0.15, 0.2) is 72.9 Å². The minimum atomic E-state index is -4.43. The monoisotopic (exact) mass is 428 g/mol. The molecule has 0 radical (unpaired) electrons. The van der Waals surface area contributed by atoms with Gasteiger partial charge in [0.15, 0.2) is 0 Å². The van der Waals surface area contributed by atoms with Crippen molar-refractivity contribution in [2.45, 2.75) is 19.1 Å². The summed E-state index contributed by atoms with van der Waals surface area (Å²) in [4.78, 5) is 25.3. The topological polar surface area (TPSA) is 86.9 Å². The van der Waals surface area contributed by atoms with Gasteiger partial charge in [0.25, 0.3) is 5.91 Å². The molecule has 2 aromatic carbocycles. The van der Waals surface area contributed by atoms with E-state index in [0.29, 0.717) is 22.5 Å². The van der Waals surface area contributed by atoms with Crippen LogP contribution in [0.1, 0.15) is 29.7 Å². The molecule has 0 aliphatic carbocycles. The highest BCUT2D eigenvalue weighted by molar-refractivity contribution is 6.01. The van der Waals surface area contributed by atoms with Crippen molar-refractivity contribution >= 4 is 23.2 Å². The lowest BCUT2D eigenvalue weighted by molar-refractivity contribution is -0.137. The minimum absolute atomic E-state index is 0.372. The summed E-state index contributed by atoms with van der Waals surface area (Å²) >= 11 is 0. The van der Waals surface area contributed by atoms with Gasteiger partial charge in [-0.05, 0) is 35.8 Å². The van der Waals surface area contributed by atoms with E-state index in [1.807, 2.05) is 0 Å². The zero-order valence-corrected chi connectivity index (χ0v) is 16.4. The first-order chi connectivity index (χ1) is 14.7. The fraction of sp³-hybridized carbons (Fsp3) is 0.136. The molecule has 1 atom stereocenters. The summed E-state index contributed by atoms with van der Waals surface area (Å²) in [5.74, 6) is -0.674. The summed E-state index contributed by atoms with van der Waals surface area (Å²) in [6, 6.07) is 13.7. The van der Waals surface area contributed by atoms with E-state index in [4.69, 9.17) is 0 Å². The molecular weight excluding hydrogens is 409 g/mol. The molecule has 3 N–H and O–H groups in total. The van der Waals surface area contributed by atoms with E-state index in [1.165, 1.54) is 24.4 Å². The number of hydrogen-bond donors (Lipinski definition) is 3. The van der Waals surface area contributed by atoms with E-state index >= 15 is 0 Å². The number of aromatic amines is 1. The quantitative estimate of drug-likeness (QED) is 0.511. The zero-order valence-electron chi connectivity index (χ0n) is 16.4. The first-order valence-corrected chi connectivity index (χ1v) is 9.25. The largest absolute Gasteiger partial charge is 0.416 e. The lowest BCUT2D eigenvalue weighted by atomic mass is 10.0. The highest BCUT2D eigenvalue weighted by Gasteiger charge is 2.30. The van der Waals surface area contributed by atoms with E-state index in [0.717, 1.165) is 12.1 Å². The predicted molar refractivity (Wildman–Crippen MR) is 110 cm³/mol. The van der Waals surface area contributed by atoms with E-state index in [9.17, 15) is 22.8 Å². The molecule has 1 aromatic heterocycles. The van der Waals surface area contributed by atoms with Crippen LogP contribution in [0.3, 0.4) is 0 Å². The van der Waals surface area contributed by atoms with E-state index in [2.05, 4.69) is 20.8 Å². The Morgan fingerprint density at radius 2 is 1.71 bits per heavy atom. The van der Waals surface area contributed by atoms with Crippen molar-refractivity contribution in [2.75, 3.05) is 5.32 Å².